The van der Waals surface area contributed by atoms with Gasteiger partial charge in [-0.25, -0.2) is 5.10 Å². The topological polar surface area (TPSA) is 91.7 Å². The molecule has 0 amide bonds. The van der Waals surface area contributed by atoms with Crippen LogP contribution < -0.4 is 16.4 Å². The normalized spacial score (nSPS) is 11.3. The standard InChI is InChI=1S/C18H16ClF3N6/c1-9(24-2)10-3-5-11(6-4-10)15-13(18(20,21)22)7-12(8-14(15)19)25-17-26-16(23)27-28-17/h3-8,24H,1H2,2H3,(H4,23,25,26,27,28). The van der Waals surface area contributed by atoms with Gasteiger partial charge in [0, 0.05) is 24.0 Å². The summed E-state index contributed by atoms with van der Waals surface area (Å²) in [6.45, 7) is 3.82. The van der Waals surface area contributed by atoms with Crippen LogP contribution in [0.25, 0.3) is 16.8 Å². The highest BCUT2D eigenvalue weighted by atomic mass is 35.5. The summed E-state index contributed by atoms with van der Waals surface area (Å²) in [6, 6.07) is 8.81. The van der Waals surface area contributed by atoms with E-state index >= 15 is 0 Å². The number of aromatic nitrogens is 3. The molecule has 0 spiro atoms. The van der Waals surface area contributed by atoms with Gasteiger partial charge in [-0.1, -0.05) is 42.4 Å². The molecular formula is C18H16ClF3N6. The van der Waals surface area contributed by atoms with Crippen LogP contribution in [0.5, 0.6) is 0 Å². The van der Waals surface area contributed by atoms with E-state index < -0.39 is 11.7 Å². The van der Waals surface area contributed by atoms with Crippen molar-refractivity contribution in [3.05, 3.63) is 59.1 Å². The Morgan fingerprint density at radius 2 is 1.89 bits per heavy atom. The first kappa shape index (κ1) is 19.6. The molecule has 6 nitrogen and oxygen atoms in total. The number of benzene rings is 2. The van der Waals surface area contributed by atoms with E-state index in [4.69, 9.17) is 17.3 Å². The third-order valence-corrected chi connectivity index (χ3v) is 4.28. The van der Waals surface area contributed by atoms with E-state index in [0.29, 0.717) is 11.3 Å². The first-order valence-corrected chi connectivity index (χ1v) is 8.40. The summed E-state index contributed by atoms with van der Waals surface area (Å²) in [5, 5.41) is 11.6. The van der Waals surface area contributed by atoms with E-state index in [0.717, 1.165) is 11.6 Å². The molecule has 0 saturated carbocycles. The Morgan fingerprint density at radius 1 is 1.21 bits per heavy atom. The van der Waals surface area contributed by atoms with Crippen LogP contribution in [0.1, 0.15) is 11.1 Å². The van der Waals surface area contributed by atoms with Crippen LogP contribution in [0.3, 0.4) is 0 Å². The number of aromatic amines is 1. The first-order valence-electron chi connectivity index (χ1n) is 8.02. The number of nitrogens with one attached hydrogen (secondary N) is 3. The van der Waals surface area contributed by atoms with Crippen molar-refractivity contribution in [3.8, 4) is 11.1 Å². The van der Waals surface area contributed by atoms with Crippen LogP contribution in [0, 0.1) is 0 Å². The Kier molecular flexibility index (Phi) is 5.19. The van der Waals surface area contributed by atoms with E-state index in [9.17, 15) is 13.2 Å². The number of nitrogens with zero attached hydrogens (tertiary/aromatic N) is 2. The number of anilines is 3. The van der Waals surface area contributed by atoms with Crippen LogP contribution in [-0.4, -0.2) is 22.2 Å². The van der Waals surface area contributed by atoms with Crippen LogP contribution in [0.4, 0.5) is 30.8 Å². The van der Waals surface area contributed by atoms with Gasteiger partial charge in [-0.3, -0.25) is 0 Å². The smallest absolute Gasteiger partial charge is 0.388 e. The summed E-state index contributed by atoms with van der Waals surface area (Å²) in [5.41, 5.74) is 6.25. The third kappa shape index (κ3) is 4.04. The number of nitrogen functional groups attached to an aromatic ring is 1. The van der Waals surface area contributed by atoms with Crippen molar-refractivity contribution in [2.75, 3.05) is 18.1 Å². The molecule has 0 atom stereocenters. The van der Waals surface area contributed by atoms with Crippen LogP contribution >= 0.6 is 11.6 Å². The van der Waals surface area contributed by atoms with E-state index in [1.54, 1.807) is 31.3 Å². The Hall–Kier alpha value is -3.20. The molecule has 0 radical (unpaired) electrons. The molecule has 0 aliphatic rings. The molecule has 1 heterocycles. The van der Waals surface area contributed by atoms with Gasteiger partial charge in [0.05, 0.1) is 10.6 Å². The van der Waals surface area contributed by atoms with Gasteiger partial charge in [0.2, 0.25) is 11.9 Å². The maximum Gasteiger partial charge on any atom is 0.417 e. The fraction of sp³-hybridized carbons (Fsp3) is 0.111. The molecule has 28 heavy (non-hydrogen) atoms. The minimum absolute atomic E-state index is 0.0318. The van der Waals surface area contributed by atoms with Crippen molar-refractivity contribution >= 4 is 34.9 Å². The molecule has 3 aromatic rings. The molecule has 0 saturated heterocycles. The summed E-state index contributed by atoms with van der Waals surface area (Å²) in [6.07, 6.45) is -4.62. The van der Waals surface area contributed by atoms with Gasteiger partial charge in [0.25, 0.3) is 0 Å². The molecule has 10 heteroatoms. The number of rotatable bonds is 5. The highest BCUT2D eigenvalue weighted by Gasteiger charge is 2.35. The van der Waals surface area contributed by atoms with Crippen molar-refractivity contribution < 1.29 is 13.2 Å². The number of nitrogens with two attached hydrogens (primary N) is 1. The zero-order valence-electron chi connectivity index (χ0n) is 14.7. The Balaban J connectivity index is 2.06. The molecule has 2 aromatic carbocycles. The lowest BCUT2D eigenvalue weighted by atomic mass is 9.97. The minimum atomic E-state index is -4.62. The average molecular weight is 409 g/mol. The van der Waals surface area contributed by atoms with E-state index in [1.165, 1.54) is 6.07 Å². The van der Waals surface area contributed by atoms with Crippen molar-refractivity contribution in [3.63, 3.8) is 0 Å². The van der Waals surface area contributed by atoms with Crippen LogP contribution in [0.15, 0.2) is 43.0 Å². The Morgan fingerprint density at radius 3 is 2.43 bits per heavy atom. The highest BCUT2D eigenvalue weighted by molar-refractivity contribution is 6.34. The van der Waals surface area contributed by atoms with Crippen LogP contribution in [-0.2, 0) is 6.18 Å². The summed E-state index contributed by atoms with van der Waals surface area (Å²) in [4.78, 5) is 3.80. The van der Waals surface area contributed by atoms with Crippen molar-refractivity contribution in [1.82, 2.24) is 20.5 Å². The second kappa shape index (κ2) is 7.43. The molecule has 3 rings (SSSR count). The predicted molar refractivity (Wildman–Crippen MR) is 104 cm³/mol. The lowest BCUT2D eigenvalue weighted by molar-refractivity contribution is -0.137. The highest BCUT2D eigenvalue weighted by Crippen LogP contribution is 2.43. The summed E-state index contributed by atoms with van der Waals surface area (Å²) >= 11 is 6.23. The number of hydrogen-bond donors (Lipinski definition) is 4. The number of halogens is 4. The fourth-order valence-electron chi connectivity index (χ4n) is 2.64. The largest absolute Gasteiger partial charge is 0.417 e. The number of H-pyrrole nitrogens is 1. The molecule has 0 aliphatic carbocycles. The molecule has 0 bridgehead atoms. The van der Waals surface area contributed by atoms with Crippen molar-refractivity contribution in [2.45, 2.75) is 6.18 Å². The molecule has 0 unspecified atom stereocenters. The second-order valence-electron chi connectivity index (χ2n) is 5.85. The second-order valence-corrected chi connectivity index (χ2v) is 6.26. The summed E-state index contributed by atoms with van der Waals surface area (Å²) in [5.74, 6) is 0.0638. The Bertz CT molecular complexity index is 1010. The maximum atomic E-state index is 13.7. The number of alkyl halides is 3. The quantitative estimate of drug-likeness (QED) is 0.493. The van der Waals surface area contributed by atoms with Crippen molar-refractivity contribution in [2.24, 2.45) is 0 Å². The molecule has 146 valence electrons. The average Bonchev–Trinajstić information content (AvgIpc) is 3.05. The van der Waals surface area contributed by atoms with Crippen LogP contribution in [0.2, 0.25) is 5.02 Å². The summed E-state index contributed by atoms with van der Waals surface area (Å²) < 4.78 is 41.2. The molecule has 0 aliphatic heterocycles. The van der Waals surface area contributed by atoms with Gasteiger partial charge in [-0.2, -0.15) is 18.2 Å². The molecule has 5 N–H and O–H groups in total. The lowest BCUT2D eigenvalue weighted by Gasteiger charge is -2.17. The van der Waals surface area contributed by atoms with E-state index in [1.807, 2.05) is 0 Å². The van der Waals surface area contributed by atoms with Gasteiger partial charge < -0.3 is 16.4 Å². The minimum Gasteiger partial charge on any atom is -0.388 e. The van der Waals surface area contributed by atoms with Gasteiger partial charge in [0.1, 0.15) is 0 Å². The van der Waals surface area contributed by atoms with E-state index in [-0.39, 0.29) is 28.2 Å². The lowest BCUT2D eigenvalue weighted by Crippen LogP contribution is -2.09. The maximum absolute atomic E-state index is 13.7. The monoisotopic (exact) mass is 408 g/mol. The molecular weight excluding hydrogens is 393 g/mol. The van der Waals surface area contributed by atoms with E-state index in [2.05, 4.69) is 32.4 Å². The summed E-state index contributed by atoms with van der Waals surface area (Å²) in [7, 11) is 1.71. The van der Waals surface area contributed by atoms with Gasteiger partial charge in [-0.15, -0.1) is 5.10 Å². The first-order chi connectivity index (χ1) is 13.2. The third-order valence-electron chi connectivity index (χ3n) is 3.98. The molecule has 0 fully saturated rings. The predicted octanol–water partition coefficient (Wildman–Crippen LogP) is 4.66. The number of hydrogen-bond acceptors (Lipinski definition) is 5. The van der Waals surface area contributed by atoms with Gasteiger partial charge in [0.15, 0.2) is 0 Å². The fourth-order valence-corrected chi connectivity index (χ4v) is 2.97. The Labute approximate surface area is 163 Å². The van der Waals surface area contributed by atoms with Gasteiger partial charge in [-0.05, 0) is 23.3 Å². The SMILES string of the molecule is C=C(NC)c1ccc(-c2c(Cl)cc(Nc3n[nH]c(N)n3)cc2C(F)(F)F)cc1. The zero-order valence-corrected chi connectivity index (χ0v) is 15.4. The van der Waals surface area contributed by atoms with Gasteiger partial charge >= 0.3 is 6.18 Å². The van der Waals surface area contributed by atoms with Crippen molar-refractivity contribution in [1.29, 1.82) is 0 Å². The molecule has 1 aromatic heterocycles. The zero-order chi connectivity index (χ0) is 20.5.